The highest BCUT2D eigenvalue weighted by molar-refractivity contribution is 5.90. The van der Waals surface area contributed by atoms with E-state index in [1.54, 1.807) is 11.0 Å². The lowest BCUT2D eigenvalue weighted by molar-refractivity contribution is -0.174. The molecule has 0 aliphatic carbocycles. The summed E-state index contributed by atoms with van der Waals surface area (Å²) >= 11 is 0. The van der Waals surface area contributed by atoms with E-state index < -0.39 is 12.8 Å². The Labute approximate surface area is 166 Å². The molecule has 1 aromatic heterocycles. The second kappa shape index (κ2) is 9.13. The minimum Gasteiger partial charge on any atom is -0.372 e. The Morgan fingerprint density at radius 3 is 2.62 bits per heavy atom. The summed E-state index contributed by atoms with van der Waals surface area (Å²) < 4.78 is 54.3. The number of aromatic nitrogens is 1. The maximum atomic E-state index is 13.6. The first-order valence-electron chi connectivity index (χ1n) is 9.64. The first-order valence-corrected chi connectivity index (χ1v) is 9.64. The maximum Gasteiger partial charge on any atom is 0.411 e. The monoisotopic (exact) mass is 415 g/mol. The van der Waals surface area contributed by atoms with Gasteiger partial charge in [0.1, 0.15) is 12.4 Å². The minimum absolute atomic E-state index is 0.00794. The molecule has 1 fully saturated rings. The first-order chi connectivity index (χ1) is 13.7. The van der Waals surface area contributed by atoms with Gasteiger partial charge in [0.15, 0.2) is 0 Å². The van der Waals surface area contributed by atoms with E-state index in [0.29, 0.717) is 39.1 Å². The van der Waals surface area contributed by atoms with E-state index in [1.165, 1.54) is 12.1 Å². The van der Waals surface area contributed by atoms with Crippen LogP contribution in [0.3, 0.4) is 0 Å². The molecule has 9 heteroatoms. The van der Waals surface area contributed by atoms with Gasteiger partial charge in [0.25, 0.3) is 0 Å². The molecule has 1 amide bonds. The van der Waals surface area contributed by atoms with Gasteiger partial charge < -0.3 is 14.6 Å². The molecule has 0 radical (unpaired) electrons. The molecule has 160 valence electrons. The van der Waals surface area contributed by atoms with Crippen LogP contribution in [0, 0.1) is 12.7 Å². The zero-order chi connectivity index (χ0) is 21.0. The number of fused-ring (bicyclic) bond motifs is 1. The number of benzene rings is 1. The van der Waals surface area contributed by atoms with Crippen LogP contribution in [0.2, 0.25) is 0 Å². The number of nitrogens with zero attached hydrogens (tertiary/aromatic N) is 2. The van der Waals surface area contributed by atoms with Crippen molar-refractivity contribution >= 4 is 16.8 Å². The third-order valence-electron chi connectivity index (χ3n) is 5.16. The van der Waals surface area contributed by atoms with Gasteiger partial charge in [0.05, 0.1) is 6.42 Å². The molecule has 29 heavy (non-hydrogen) atoms. The summed E-state index contributed by atoms with van der Waals surface area (Å²) in [6.07, 6.45) is -3.56. The molecule has 1 aliphatic heterocycles. The van der Waals surface area contributed by atoms with Gasteiger partial charge in [-0.05, 0) is 37.1 Å². The summed E-state index contributed by atoms with van der Waals surface area (Å²) in [6, 6.07) is 4.50. The molecular weight excluding hydrogens is 390 g/mol. The quantitative estimate of drug-likeness (QED) is 0.558. The average Bonchev–Trinajstić information content (AvgIpc) is 2.96. The number of H-pyrrole nitrogens is 1. The van der Waals surface area contributed by atoms with E-state index in [-0.39, 0.29) is 24.8 Å². The largest absolute Gasteiger partial charge is 0.411 e. The fraction of sp³-hybridized carbons (Fsp3) is 0.550. The van der Waals surface area contributed by atoms with Crippen molar-refractivity contribution in [3.63, 3.8) is 0 Å². The number of alkyl halides is 3. The number of aryl methyl sites for hydroxylation is 1. The topological polar surface area (TPSA) is 48.6 Å². The highest BCUT2D eigenvalue weighted by Gasteiger charge is 2.27. The summed E-state index contributed by atoms with van der Waals surface area (Å²) in [4.78, 5) is 19.8. The Morgan fingerprint density at radius 1 is 1.21 bits per heavy atom. The summed E-state index contributed by atoms with van der Waals surface area (Å²) in [6.45, 7) is 3.84. The number of carbonyl (C=O) groups is 1. The van der Waals surface area contributed by atoms with Gasteiger partial charge >= 0.3 is 6.18 Å². The van der Waals surface area contributed by atoms with Gasteiger partial charge in [0.2, 0.25) is 5.91 Å². The molecule has 2 aromatic rings. The van der Waals surface area contributed by atoms with Crippen LogP contribution in [0.25, 0.3) is 10.9 Å². The van der Waals surface area contributed by atoms with Gasteiger partial charge in [0, 0.05) is 55.9 Å². The molecular formula is C20H25F4N3O2. The van der Waals surface area contributed by atoms with E-state index >= 15 is 0 Å². The number of ether oxygens (including phenoxy) is 1. The molecule has 1 saturated heterocycles. The summed E-state index contributed by atoms with van der Waals surface area (Å²) in [5.74, 6) is -0.343. The highest BCUT2D eigenvalue weighted by Crippen LogP contribution is 2.24. The highest BCUT2D eigenvalue weighted by atomic mass is 19.4. The van der Waals surface area contributed by atoms with Crippen LogP contribution in [0.5, 0.6) is 0 Å². The number of rotatable bonds is 7. The zero-order valence-electron chi connectivity index (χ0n) is 16.3. The third-order valence-corrected chi connectivity index (χ3v) is 5.16. The summed E-state index contributed by atoms with van der Waals surface area (Å²) in [5, 5.41) is 0.730. The van der Waals surface area contributed by atoms with Crippen LogP contribution in [-0.4, -0.2) is 72.8 Å². The molecule has 0 atom stereocenters. The fourth-order valence-corrected chi connectivity index (χ4v) is 3.64. The van der Waals surface area contributed by atoms with Crippen LogP contribution in [0.4, 0.5) is 17.6 Å². The Kier molecular flexibility index (Phi) is 6.79. The van der Waals surface area contributed by atoms with E-state index in [1.807, 2.05) is 6.92 Å². The molecule has 1 aromatic carbocycles. The SMILES string of the molecule is Cc1[nH]c2ccc(F)cc2c1CC(=O)N1CCN(CCCOCC(F)(F)F)CC1. The van der Waals surface area contributed by atoms with Crippen LogP contribution < -0.4 is 0 Å². The Morgan fingerprint density at radius 2 is 1.93 bits per heavy atom. The van der Waals surface area contributed by atoms with Gasteiger partial charge in [-0.25, -0.2) is 4.39 Å². The van der Waals surface area contributed by atoms with E-state index in [2.05, 4.69) is 14.6 Å². The van der Waals surface area contributed by atoms with Crippen molar-refractivity contribution in [3.05, 3.63) is 35.3 Å². The lowest BCUT2D eigenvalue weighted by Crippen LogP contribution is -2.49. The van der Waals surface area contributed by atoms with Crippen molar-refractivity contribution < 1.29 is 27.1 Å². The third kappa shape index (κ3) is 5.93. The van der Waals surface area contributed by atoms with Crippen molar-refractivity contribution in [2.24, 2.45) is 0 Å². The van der Waals surface area contributed by atoms with Crippen molar-refractivity contribution in [1.82, 2.24) is 14.8 Å². The minimum atomic E-state index is -4.29. The van der Waals surface area contributed by atoms with Crippen LogP contribution >= 0.6 is 0 Å². The van der Waals surface area contributed by atoms with E-state index in [9.17, 15) is 22.4 Å². The molecule has 0 bridgehead atoms. The molecule has 1 N–H and O–H groups in total. The maximum absolute atomic E-state index is 13.6. The van der Waals surface area contributed by atoms with Crippen molar-refractivity contribution in [1.29, 1.82) is 0 Å². The Balaban J connectivity index is 1.45. The van der Waals surface area contributed by atoms with Gasteiger partial charge in [-0.15, -0.1) is 0 Å². The number of hydrogen-bond acceptors (Lipinski definition) is 3. The number of carbonyl (C=O) groups excluding carboxylic acids is 1. The number of amides is 1. The van der Waals surface area contributed by atoms with Crippen molar-refractivity contribution in [2.75, 3.05) is 45.9 Å². The number of hydrogen-bond donors (Lipinski definition) is 1. The van der Waals surface area contributed by atoms with Crippen LogP contribution in [0.15, 0.2) is 18.2 Å². The normalized spacial score (nSPS) is 16.0. The van der Waals surface area contributed by atoms with Gasteiger partial charge in [-0.2, -0.15) is 13.2 Å². The lowest BCUT2D eigenvalue weighted by atomic mass is 10.1. The number of aromatic amines is 1. The molecule has 2 heterocycles. The smallest absolute Gasteiger partial charge is 0.372 e. The van der Waals surface area contributed by atoms with Crippen molar-refractivity contribution in [2.45, 2.75) is 25.9 Å². The standard InChI is InChI=1S/C20H25F4N3O2/c1-14-16(17-11-15(21)3-4-18(17)25-14)12-19(28)27-8-6-26(7-9-27)5-2-10-29-13-20(22,23)24/h3-4,11,25H,2,5-10,12-13H2,1H3. The van der Waals surface area contributed by atoms with Crippen LogP contribution in [-0.2, 0) is 16.0 Å². The average molecular weight is 415 g/mol. The summed E-state index contributed by atoms with van der Waals surface area (Å²) in [7, 11) is 0. The van der Waals surface area contributed by atoms with E-state index in [0.717, 1.165) is 22.2 Å². The van der Waals surface area contributed by atoms with Gasteiger partial charge in [-0.3, -0.25) is 9.69 Å². The first kappa shape index (κ1) is 21.6. The number of halogens is 4. The molecule has 1 aliphatic rings. The van der Waals surface area contributed by atoms with Crippen LogP contribution in [0.1, 0.15) is 17.7 Å². The van der Waals surface area contributed by atoms with Gasteiger partial charge in [-0.1, -0.05) is 0 Å². The fourth-order valence-electron chi connectivity index (χ4n) is 3.64. The molecule has 0 spiro atoms. The molecule has 3 rings (SSSR count). The predicted octanol–water partition coefficient (Wildman–Crippen LogP) is 3.27. The molecule has 5 nitrogen and oxygen atoms in total. The predicted molar refractivity (Wildman–Crippen MR) is 101 cm³/mol. The Hall–Kier alpha value is -2.13. The number of piperazine rings is 1. The van der Waals surface area contributed by atoms with Crippen molar-refractivity contribution in [3.8, 4) is 0 Å². The molecule has 0 unspecified atom stereocenters. The molecule has 0 saturated carbocycles. The summed E-state index contributed by atoms with van der Waals surface area (Å²) in [5.41, 5.74) is 2.48. The second-order valence-electron chi connectivity index (χ2n) is 7.34. The zero-order valence-corrected chi connectivity index (χ0v) is 16.3. The Bertz CT molecular complexity index is 842. The number of nitrogens with one attached hydrogen (secondary N) is 1. The lowest BCUT2D eigenvalue weighted by Gasteiger charge is -2.34. The van der Waals surface area contributed by atoms with E-state index in [4.69, 9.17) is 0 Å². The second-order valence-corrected chi connectivity index (χ2v) is 7.34.